The van der Waals surface area contributed by atoms with Crippen LogP contribution in [-0.4, -0.2) is 0 Å². The number of hydrogen-bond donors (Lipinski definition) is 0. The summed E-state index contributed by atoms with van der Waals surface area (Å²) < 4.78 is 25.6. The van der Waals surface area contributed by atoms with E-state index in [1.165, 1.54) is 0 Å². The minimum absolute atomic E-state index is 0. The molecule has 0 saturated heterocycles. The van der Waals surface area contributed by atoms with Crippen LogP contribution < -0.4 is 62.9 Å². The fourth-order valence-corrected chi connectivity index (χ4v) is 0. The van der Waals surface area contributed by atoms with Gasteiger partial charge in [0.1, 0.15) is 0 Å². The molecule has 0 saturated carbocycles. The Bertz CT molecular complexity index is 219. The molecule has 18 heteroatoms. The standard InChI is InChI=1S/C.Li.Mn.Ni.3H3O4P/c;;;;3*1-5(2,3)4/h;;;;3*(H3,1,2,3,4)/q+4;+1;2*+2;;;/p-9. The third kappa shape index (κ3) is 1700. The van der Waals surface area contributed by atoms with Crippen molar-refractivity contribution in [1.29, 1.82) is 0 Å². The Balaban J connectivity index is -0.0000000206. The van der Waals surface area contributed by atoms with E-state index in [1.54, 1.807) is 0 Å². The minimum Gasteiger partial charge on any atom is -0.822 e. The quantitative estimate of drug-likeness (QED) is 0.262. The van der Waals surface area contributed by atoms with Crippen LogP contribution in [0, 0.1) is 7.43 Å². The molecular weight excluding hydrogens is 417 g/mol. The van der Waals surface area contributed by atoms with E-state index in [0.29, 0.717) is 0 Å². The van der Waals surface area contributed by atoms with E-state index in [1.807, 2.05) is 0 Å². The van der Waals surface area contributed by atoms with Gasteiger partial charge in [-0.25, -0.2) is 0 Å². The van der Waals surface area contributed by atoms with Gasteiger partial charge in [0, 0.05) is 0 Å². The van der Waals surface area contributed by atoms with Gasteiger partial charge < -0.3 is 57.7 Å². The molecule has 0 unspecified atom stereocenters. The van der Waals surface area contributed by atoms with E-state index in [4.69, 9.17) is 57.7 Å². The maximum absolute atomic E-state index is 8.55. The molecule has 0 amide bonds. The van der Waals surface area contributed by atoms with Gasteiger partial charge in [-0.2, -0.15) is 23.5 Å². The van der Waals surface area contributed by atoms with Gasteiger partial charge in [-0.15, -0.1) is 0 Å². The molecule has 0 heterocycles. The summed E-state index contributed by atoms with van der Waals surface area (Å²) in [5.74, 6) is 0. The minimum atomic E-state index is -5.39. The molecule has 0 aromatic carbocycles. The third-order valence-electron chi connectivity index (χ3n) is 0. The Morgan fingerprint density at radius 1 is 0.526 bits per heavy atom. The summed E-state index contributed by atoms with van der Waals surface area (Å²) >= 11 is 0. The van der Waals surface area contributed by atoms with Crippen molar-refractivity contribution in [1.82, 2.24) is 0 Å². The predicted molar refractivity (Wildman–Crippen MR) is 26.1 cm³/mol. The maximum Gasteiger partial charge on any atom is 4.00 e. The number of rotatable bonds is 0. The monoisotopic (exact) mass is 417 g/mol. The first-order valence-corrected chi connectivity index (χ1v) is 6.57. The van der Waals surface area contributed by atoms with Crippen LogP contribution in [0.2, 0.25) is 0 Å². The first-order chi connectivity index (χ1) is 6.00. The summed E-state index contributed by atoms with van der Waals surface area (Å²) in [6, 6.07) is 0. The smallest absolute Gasteiger partial charge is 0.822 e. The molecule has 12 nitrogen and oxygen atoms in total. The second kappa shape index (κ2) is 18.0. The summed E-state index contributed by atoms with van der Waals surface area (Å²) in [5, 5.41) is 0. The summed E-state index contributed by atoms with van der Waals surface area (Å²) in [5.41, 5.74) is 0. The van der Waals surface area contributed by atoms with E-state index in [2.05, 4.69) is 0 Å². The van der Waals surface area contributed by atoms with Crippen molar-refractivity contribution in [3.8, 4) is 0 Å². The SMILES string of the molecule is O=P([O-])([O-])[O-].O=P([O-])([O-])[O-].O=P([O-])([O-])[O-].[C+4].[Li+].[Mn+2].[Ni+2]. The Morgan fingerprint density at radius 2 is 0.526 bits per heavy atom. The Labute approximate surface area is 140 Å². The van der Waals surface area contributed by atoms with Gasteiger partial charge in [-0.3, -0.25) is 0 Å². The summed E-state index contributed by atoms with van der Waals surface area (Å²) in [6.07, 6.45) is 0. The molecule has 0 aliphatic rings. The second-order valence-electron chi connectivity index (χ2n) is 1.34. The molecule has 0 N–H and O–H groups in total. The zero-order valence-electron chi connectivity index (χ0n) is 8.43. The molecule has 0 rings (SSSR count). The van der Waals surface area contributed by atoms with E-state index < -0.39 is 23.5 Å². The van der Waals surface area contributed by atoms with Crippen LogP contribution in [0.15, 0.2) is 0 Å². The van der Waals surface area contributed by atoms with Crippen LogP contribution in [-0.2, 0) is 47.3 Å². The summed E-state index contributed by atoms with van der Waals surface area (Å²) in [7, 11) is -16.2. The fourth-order valence-electron chi connectivity index (χ4n) is 0. The van der Waals surface area contributed by atoms with E-state index in [0.717, 1.165) is 0 Å². The summed E-state index contributed by atoms with van der Waals surface area (Å²) in [4.78, 5) is 76.9. The second-order valence-corrected chi connectivity index (χ2v) is 4.02. The summed E-state index contributed by atoms with van der Waals surface area (Å²) in [6.45, 7) is 0. The topological polar surface area (TPSA) is 259 Å². The molecule has 0 fully saturated rings. The molecule has 0 atom stereocenters. The van der Waals surface area contributed by atoms with Gasteiger partial charge in [-0.05, 0) is 0 Å². The van der Waals surface area contributed by atoms with Crippen LogP contribution in [0.25, 0.3) is 0 Å². The molecule has 0 aromatic heterocycles. The number of phosphoric acid groups is 3. The first kappa shape index (κ1) is 42.8. The maximum atomic E-state index is 8.55. The van der Waals surface area contributed by atoms with Gasteiger partial charge in [0.25, 0.3) is 0 Å². The Hall–Kier alpha value is 1.94. The van der Waals surface area contributed by atoms with Gasteiger partial charge in [0.2, 0.25) is 0 Å². The van der Waals surface area contributed by atoms with E-state index >= 15 is 0 Å². The normalized spacial score (nSPS) is 9.32. The molecule has 1 radical (unpaired) electrons. The average molecular weight is 417 g/mol. The molecule has 0 spiro atoms. The van der Waals surface area contributed by atoms with Crippen molar-refractivity contribution in [3.63, 3.8) is 0 Å². The van der Waals surface area contributed by atoms with E-state index in [-0.39, 0.29) is 59.8 Å². The van der Waals surface area contributed by atoms with Crippen LogP contribution in [0.5, 0.6) is 0 Å². The number of hydrogen-bond acceptors (Lipinski definition) is 12. The van der Waals surface area contributed by atoms with Gasteiger partial charge in [-0.1, -0.05) is 0 Å². The van der Waals surface area contributed by atoms with Crippen LogP contribution in [0.1, 0.15) is 0 Å². The molecular formula is CLiMnNiO12P3. The van der Waals surface area contributed by atoms with Crippen molar-refractivity contribution in [2.24, 2.45) is 0 Å². The average Bonchev–Trinajstić information content (AvgIpc) is 1.41. The van der Waals surface area contributed by atoms with Gasteiger partial charge in [0.05, 0.1) is 0 Å². The van der Waals surface area contributed by atoms with Gasteiger partial charge in [0.15, 0.2) is 0 Å². The van der Waals surface area contributed by atoms with E-state index in [9.17, 15) is 0 Å². The van der Waals surface area contributed by atoms with Crippen molar-refractivity contribution < 1.29 is 110 Å². The molecule has 109 valence electrons. The van der Waals surface area contributed by atoms with Crippen molar-refractivity contribution in [2.45, 2.75) is 0 Å². The zero-order valence-corrected chi connectivity index (χ0v) is 13.3. The van der Waals surface area contributed by atoms with Gasteiger partial charge >= 0.3 is 59.8 Å². The van der Waals surface area contributed by atoms with Crippen molar-refractivity contribution >= 4 is 23.5 Å². The molecule has 19 heavy (non-hydrogen) atoms. The molecule has 0 bridgehead atoms. The predicted octanol–water partition coefficient (Wildman–Crippen LogP) is -11.4. The third-order valence-corrected chi connectivity index (χ3v) is 0. The van der Waals surface area contributed by atoms with Crippen molar-refractivity contribution in [3.05, 3.63) is 7.43 Å². The first-order valence-electron chi connectivity index (χ1n) is 2.19. The molecule has 0 aromatic rings. The Kier molecular flexibility index (Phi) is 40.6. The fraction of sp³-hybridized carbons (Fsp3) is 0. The molecule has 0 aliphatic carbocycles. The van der Waals surface area contributed by atoms with Crippen LogP contribution in [0.3, 0.4) is 0 Å². The van der Waals surface area contributed by atoms with Crippen molar-refractivity contribution in [2.75, 3.05) is 0 Å². The van der Waals surface area contributed by atoms with Crippen LogP contribution >= 0.6 is 23.5 Å². The zero-order chi connectivity index (χ0) is 13.5. The Morgan fingerprint density at radius 3 is 0.526 bits per heavy atom. The molecule has 0 aliphatic heterocycles. The largest absolute Gasteiger partial charge is 4.00 e. The van der Waals surface area contributed by atoms with Crippen LogP contribution in [0.4, 0.5) is 0 Å².